The van der Waals surface area contributed by atoms with Gasteiger partial charge >= 0.3 is 0 Å². The van der Waals surface area contributed by atoms with Crippen LogP contribution in [-0.4, -0.2) is 40.5 Å². The van der Waals surface area contributed by atoms with Crippen molar-refractivity contribution in [2.45, 2.75) is 38.4 Å². The standard InChI is InChI=1S/C12H20N4O/c1-9(12(17)15(2)3)16-8-13-6-11(16)7-14-10-4-5-10/h6,8-10,14H,4-5,7H2,1-3H3. The molecule has 2 rings (SSSR count). The van der Waals surface area contributed by atoms with Crippen molar-refractivity contribution in [3.63, 3.8) is 0 Å². The van der Waals surface area contributed by atoms with Crippen LogP contribution in [0.4, 0.5) is 0 Å². The van der Waals surface area contributed by atoms with Crippen LogP contribution in [0.3, 0.4) is 0 Å². The molecule has 94 valence electrons. The Morgan fingerprint density at radius 3 is 2.94 bits per heavy atom. The number of nitrogens with zero attached hydrogens (tertiary/aromatic N) is 3. The van der Waals surface area contributed by atoms with Gasteiger partial charge in [0.25, 0.3) is 0 Å². The number of hydrogen-bond donors (Lipinski definition) is 1. The lowest BCUT2D eigenvalue weighted by molar-refractivity contribution is -0.131. The Labute approximate surface area is 102 Å². The molecular weight excluding hydrogens is 216 g/mol. The van der Waals surface area contributed by atoms with E-state index in [2.05, 4.69) is 10.3 Å². The summed E-state index contributed by atoms with van der Waals surface area (Å²) < 4.78 is 1.94. The third-order valence-corrected chi connectivity index (χ3v) is 3.11. The van der Waals surface area contributed by atoms with Gasteiger partial charge in [-0.05, 0) is 19.8 Å². The van der Waals surface area contributed by atoms with E-state index in [0.29, 0.717) is 6.04 Å². The van der Waals surface area contributed by atoms with Crippen molar-refractivity contribution in [2.24, 2.45) is 0 Å². The van der Waals surface area contributed by atoms with Crippen molar-refractivity contribution in [1.29, 1.82) is 0 Å². The minimum atomic E-state index is -0.191. The maximum absolute atomic E-state index is 11.9. The molecular formula is C12H20N4O. The molecule has 1 aliphatic rings. The molecule has 1 atom stereocenters. The molecule has 1 unspecified atom stereocenters. The Kier molecular flexibility index (Phi) is 3.47. The molecule has 5 nitrogen and oxygen atoms in total. The highest BCUT2D eigenvalue weighted by molar-refractivity contribution is 5.79. The van der Waals surface area contributed by atoms with Gasteiger partial charge in [0.1, 0.15) is 6.04 Å². The van der Waals surface area contributed by atoms with Crippen LogP contribution >= 0.6 is 0 Å². The predicted octanol–water partition coefficient (Wildman–Crippen LogP) is 0.784. The fourth-order valence-electron chi connectivity index (χ4n) is 1.85. The number of imidazole rings is 1. The average Bonchev–Trinajstić information content (AvgIpc) is 3.02. The first-order valence-electron chi connectivity index (χ1n) is 6.05. The monoisotopic (exact) mass is 236 g/mol. The van der Waals surface area contributed by atoms with Crippen LogP contribution in [0, 0.1) is 0 Å². The van der Waals surface area contributed by atoms with E-state index in [1.54, 1.807) is 25.3 Å². The molecule has 1 aromatic rings. The van der Waals surface area contributed by atoms with E-state index in [9.17, 15) is 4.79 Å². The zero-order chi connectivity index (χ0) is 12.4. The van der Waals surface area contributed by atoms with Gasteiger partial charge in [0, 0.05) is 32.9 Å². The van der Waals surface area contributed by atoms with Crippen LogP contribution in [0.15, 0.2) is 12.5 Å². The van der Waals surface area contributed by atoms with Gasteiger partial charge in [-0.2, -0.15) is 0 Å². The first-order chi connectivity index (χ1) is 8.09. The van der Waals surface area contributed by atoms with E-state index >= 15 is 0 Å². The van der Waals surface area contributed by atoms with Crippen LogP contribution in [0.2, 0.25) is 0 Å². The highest BCUT2D eigenvalue weighted by atomic mass is 16.2. The molecule has 1 heterocycles. The van der Waals surface area contributed by atoms with Gasteiger partial charge in [0.15, 0.2) is 0 Å². The summed E-state index contributed by atoms with van der Waals surface area (Å²) in [4.78, 5) is 17.7. The summed E-state index contributed by atoms with van der Waals surface area (Å²) in [7, 11) is 3.55. The topological polar surface area (TPSA) is 50.2 Å². The molecule has 0 aliphatic heterocycles. The van der Waals surface area contributed by atoms with Crippen molar-refractivity contribution < 1.29 is 4.79 Å². The van der Waals surface area contributed by atoms with E-state index in [-0.39, 0.29) is 11.9 Å². The van der Waals surface area contributed by atoms with Crippen LogP contribution in [0.1, 0.15) is 31.5 Å². The van der Waals surface area contributed by atoms with Crippen LogP contribution < -0.4 is 5.32 Å². The summed E-state index contributed by atoms with van der Waals surface area (Å²) in [6, 6.07) is 0.474. The van der Waals surface area contributed by atoms with Crippen molar-refractivity contribution in [3.8, 4) is 0 Å². The second-order valence-corrected chi connectivity index (χ2v) is 4.86. The van der Waals surface area contributed by atoms with E-state index in [1.807, 2.05) is 17.7 Å². The molecule has 0 bridgehead atoms. The second kappa shape index (κ2) is 4.87. The lowest BCUT2D eigenvalue weighted by Crippen LogP contribution is -2.31. The third kappa shape index (κ3) is 2.85. The first-order valence-corrected chi connectivity index (χ1v) is 6.05. The molecule has 17 heavy (non-hydrogen) atoms. The number of rotatable bonds is 5. The van der Waals surface area contributed by atoms with Gasteiger partial charge in [0.05, 0.1) is 12.0 Å². The minimum Gasteiger partial charge on any atom is -0.347 e. The fraction of sp³-hybridized carbons (Fsp3) is 0.667. The van der Waals surface area contributed by atoms with Crippen molar-refractivity contribution >= 4 is 5.91 Å². The number of carbonyl (C=O) groups excluding carboxylic acids is 1. The fourth-order valence-corrected chi connectivity index (χ4v) is 1.85. The zero-order valence-electron chi connectivity index (χ0n) is 10.7. The molecule has 0 aromatic carbocycles. The summed E-state index contributed by atoms with van der Waals surface area (Å²) in [6.45, 7) is 2.69. The third-order valence-electron chi connectivity index (χ3n) is 3.11. The highest BCUT2D eigenvalue weighted by Crippen LogP contribution is 2.20. The maximum atomic E-state index is 11.9. The number of hydrogen-bond acceptors (Lipinski definition) is 3. The number of aromatic nitrogens is 2. The second-order valence-electron chi connectivity index (χ2n) is 4.86. The predicted molar refractivity (Wildman–Crippen MR) is 65.5 cm³/mol. The van der Waals surface area contributed by atoms with Gasteiger partial charge in [0.2, 0.25) is 5.91 Å². The van der Waals surface area contributed by atoms with Crippen LogP contribution in [-0.2, 0) is 11.3 Å². The first kappa shape index (κ1) is 12.1. The number of carbonyl (C=O) groups is 1. The highest BCUT2D eigenvalue weighted by Gasteiger charge is 2.22. The number of amides is 1. The van der Waals surface area contributed by atoms with E-state index < -0.39 is 0 Å². The lowest BCUT2D eigenvalue weighted by Gasteiger charge is -2.20. The normalized spacial score (nSPS) is 16.9. The summed E-state index contributed by atoms with van der Waals surface area (Å²) >= 11 is 0. The van der Waals surface area contributed by atoms with Gasteiger partial charge in [-0.15, -0.1) is 0 Å². The summed E-state index contributed by atoms with van der Waals surface area (Å²) in [5, 5.41) is 3.44. The summed E-state index contributed by atoms with van der Waals surface area (Å²) in [6.07, 6.45) is 6.09. The van der Waals surface area contributed by atoms with Gasteiger partial charge < -0.3 is 14.8 Å². The smallest absolute Gasteiger partial charge is 0.244 e. The molecule has 1 saturated carbocycles. The quantitative estimate of drug-likeness (QED) is 0.822. The molecule has 1 N–H and O–H groups in total. The van der Waals surface area contributed by atoms with E-state index in [4.69, 9.17) is 0 Å². The average molecular weight is 236 g/mol. The van der Waals surface area contributed by atoms with Gasteiger partial charge in [-0.3, -0.25) is 4.79 Å². The van der Waals surface area contributed by atoms with E-state index in [0.717, 1.165) is 12.2 Å². The number of nitrogens with one attached hydrogen (secondary N) is 1. The van der Waals surface area contributed by atoms with Gasteiger partial charge in [-0.25, -0.2) is 4.98 Å². The molecule has 1 aromatic heterocycles. The molecule has 0 spiro atoms. The lowest BCUT2D eigenvalue weighted by atomic mass is 10.3. The summed E-state index contributed by atoms with van der Waals surface area (Å²) in [5.41, 5.74) is 1.07. The largest absolute Gasteiger partial charge is 0.347 e. The van der Waals surface area contributed by atoms with Crippen LogP contribution in [0.5, 0.6) is 0 Å². The molecule has 5 heteroatoms. The number of likely N-dealkylation sites (N-methyl/N-ethyl adjacent to an activating group) is 1. The molecule has 1 amide bonds. The van der Waals surface area contributed by atoms with Crippen molar-refractivity contribution in [2.75, 3.05) is 14.1 Å². The molecule has 0 saturated heterocycles. The molecule has 0 radical (unpaired) electrons. The Hall–Kier alpha value is -1.36. The van der Waals surface area contributed by atoms with Crippen molar-refractivity contribution in [3.05, 3.63) is 18.2 Å². The Morgan fingerprint density at radius 1 is 1.65 bits per heavy atom. The molecule has 1 fully saturated rings. The van der Waals surface area contributed by atoms with Crippen molar-refractivity contribution in [1.82, 2.24) is 19.8 Å². The maximum Gasteiger partial charge on any atom is 0.244 e. The Bertz CT molecular complexity index is 395. The zero-order valence-corrected chi connectivity index (χ0v) is 10.7. The minimum absolute atomic E-state index is 0.0932. The van der Waals surface area contributed by atoms with Crippen LogP contribution in [0.25, 0.3) is 0 Å². The van der Waals surface area contributed by atoms with E-state index in [1.165, 1.54) is 12.8 Å². The van der Waals surface area contributed by atoms with Gasteiger partial charge in [-0.1, -0.05) is 0 Å². The summed E-state index contributed by atoms with van der Waals surface area (Å²) in [5.74, 6) is 0.0932. The Balaban J connectivity index is 2.03. The Morgan fingerprint density at radius 2 is 2.35 bits per heavy atom. The SMILES string of the molecule is CC(C(=O)N(C)C)n1cncc1CNC1CC1. The molecule has 1 aliphatic carbocycles.